The molecule has 1 aliphatic rings. The van der Waals surface area contributed by atoms with Gasteiger partial charge in [0, 0.05) is 23.5 Å². The number of nitrogens with zero attached hydrogens (tertiary/aromatic N) is 3. The number of carbonyl (C=O) groups excluding carboxylic acids is 1. The van der Waals surface area contributed by atoms with E-state index in [0.29, 0.717) is 18.0 Å². The van der Waals surface area contributed by atoms with Gasteiger partial charge in [0.15, 0.2) is 0 Å². The zero-order chi connectivity index (χ0) is 16.9. The third-order valence-electron chi connectivity index (χ3n) is 3.74. The molecule has 1 amide bonds. The average molecular weight is 382 g/mol. The largest absolute Gasteiger partial charge is 0.388 e. The molecule has 2 unspecified atom stereocenters. The number of hydrogen-bond acceptors (Lipinski definition) is 7. The normalized spacial score (nSPS) is 19.0. The number of aromatic nitrogens is 2. The molecular formula is C16H19N3O2S3. The first-order valence-electron chi connectivity index (χ1n) is 7.79. The Bertz CT molecular complexity index is 664. The van der Waals surface area contributed by atoms with E-state index in [2.05, 4.69) is 9.97 Å². The van der Waals surface area contributed by atoms with E-state index in [-0.39, 0.29) is 11.3 Å². The molecule has 3 heterocycles. The first-order valence-corrected chi connectivity index (χ1v) is 10.7. The van der Waals surface area contributed by atoms with E-state index >= 15 is 0 Å². The Balaban J connectivity index is 1.64. The summed E-state index contributed by atoms with van der Waals surface area (Å²) in [6.45, 7) is 1.93. The summed E-state index contributed by atoms with van der Waals surface area (Å²) in [5.74, 6) is 2.18. The van der Waals surface area contributed by atoms with E-state index < -0.39 is 6.10 Å². The molecule has 24 heavy (non-hydrogen) atoms. The maximum absolute atomic E-state index is 12.3. The summed E-state index contributed by atoms with van der Waals surface area (Å²) in [5.41, 5.74) is 0.788. The van der Waals surface area contributed by atoms with Gasteiger partial charge in [-0.05, 0) is 24.5 Å². The molecular weight excluding hydrogens is 362 g/mol. The molecule has 2 atom stereocenters. The van der Waals surface area contributed by atoms with Crippen molar-refractivity contribution in [2.75, 3.05) is 16.4 Å². The lowest BCUT2D eigenvalue weighted by atomic mass is 10.1. The highest BCUT2D eigenvalue weighted by molar-refractivity contribution is 8.02. The molecule has 0 aromatic carbocycles. The van der Waals surface area contributed by atoms with Crippen molar-refractivity contribution in [2.24, 2.45) is 0 Å². The first kappa shape index (κ1) is 17.7. The highest BCUT2D eigenvalue weighted by Crippen LogP contribution is 2.33. The average Bonchev–Trinajstić information content (AvgIpc) is 3.24. The van der Waals surface area contributed by atoms with Gasteiger partial charge in [-0.1, -0.05) is 24.8 Å². The summed E-state index contributed by atoms with van der Waals surface area (Å²) in [7, 11) is 0. The van der Waals surface area contributed by atoms with Crippen LogP contribution in [0.2, 0.25) is 0 Å². The predicted molar refractivity (Wildman–Crippen MR) is 101 cm³/mol. The second kappa shape index (κ2) is 8.33. The molecule has 8 heteroatoms. The SMILES string of the molecule is CCC(O)c1ccc(N2C(=O)CSC2CCSc2nccs2)nc1. The smallest absolute Gasteiger partial charge is 0.239 e. The van der Waals surface area contributed by atoms with Crippen LogP contribution in [-0.4, -0.2) is 37.9 Å². The molecule has 1 aliphatic heterocycles. The van der Waals surface area contributed by atoms with Crippen LogP contribution in [0, 0.1) is 0 Å². The zero-order valence-electron chi connectivity index (χ0n) is 13.3. The Morgan fingerprint density at radius 2 is 2.33 bits per heavy atom. The molecule has 2 aromatic heterocycles. The predicted octanol–water partition coefficient (Wildman–Crippen LogP) is 3.57. The van der Waals surface area contributed by atoms with Gasteiger partial charge in [-0.25, -0.2) is 9.97 Å². The Kier molecular flexibility index (Phi) is 6.15. The molecule has 0 aliphatic carbocycles. The highest BCUT2D eigenvalue weighted by Gasteiger charge is 2.33. The maximum Gasteiger partial charge on any atom is 0.239 e. The van der Waals surface area contributed by atoms with Gasteiger partial charge in [0.05, 0.1) is 17.2 Å². The van der Waals surface area contributed by atoms with Gasteiger partial charge in [0.25, 0.3) is 0 Å². The van der Waals surface area contributed by atoms with Crippen molar-refractivity contribution in [3.05, 3.63) is 35.5 Å². The van der Waals surface area contributed by atoms with Crippen LogP contribution in [0.1, 0.15) is 31.4 Å². The number of aliphatic hydroxyl groups excluding tert-OH is 1. The number of amides is 1. The van der Waals surface area contributed by atoms with Crippen LogP contribution >= 0.6 is 34.9 Å². The minimum Gasteiger partial charge on any atom is -0.388 e. The van der Waals surface area contributed by atoms with Gasteiger partial charge in [0.2, 0.25) is 5.91 Å². The summed E-state index contributed by atoms with van der Waals surface area (Å²) < 4.78 is 1.06. The van der Waals surface area contributed by atoms with Gasteiger partial charge in [-0.3, -0.25) is 9.69 Å². The van der Waals surface area contributed by atoms with Crippen LogP contribution in [0.3, 0.4) is 0 Å². The number of aliphatic hydroxyl groups is 1. The van der Waals surface area contributed by atoms with Crippen LogP contribution < -0.4 is 4.90 Å². The minimum atomic E-state index is -0.499. The molecule has 0 bridgehead atoms. The zero-order valence-corrected chi connectivity index (χ0v) is 15.7. The molecule has 128 valence electrons. The van der Waals surface area contributed by atoms with Crippen LogP contribution in [0.15, 0.2) is 34.2 Å². The van der Waals surface area contributed by atoms with Crippen LogP contribution in [0.25, 0.3) is 0 Å². The summed E-state index contributed by atoms with van der Waals surface area (Å²) >= 11 is 5.02. The van der Waals surface area contributed by atoms with Crippen molar-refractivity contribution >= 4 is 46.6 Å². The number of thiazole rings is 1. The Morgan fingerprint density at radius 1 is 1.46 bits per heavy atom. The number of anilines is 1. The van der Waals surface area contributed by atoms with Crippen molar-refractivity contribution in [1.29, 1.82) is 0 Å². The fraction of sp³-hybridized carbons (Fsp3) is 0.438. The van der Waals surface area contributed by atoms with Crippen molar-refractivity contribution in [3.8, 4) is 0 Å². The van der Waals surface area contributed by atoms with Gasteiger partial charge in [0.1, 0.15) is 10.2 Å². The van der Waals surface area contributed by atoms with E-state index in [9.17, 15) is 9.90 Å². The molecule has 0 saturated carbocycles. The van der Waals surface area contributed by atoms with E-state index in [4.69, 9.17) is 0 Å². The first-order chi connectivity index (χ1) is 11.7. The Labute approximate surface area is 153 Å². The second-order valence-corrected chi connectivity index (χ2v) is 8.74. The second-order valence-electron chi connectivity index (χ2n) is 5.34. The molecule has 3 rings (SSSR count). The molecule has 1 N–H and O–H groups in total. The van der Waals surface area contributed by atoms with Crippen LogP contribution in [0.5, 0.6) is 0 Å². The molecule has 0 radical (unpaired) electrons. The fourth-order valence-corrected chi connectivity index (χ4v) is 5.44. The molecule has 5 nitrogen and oxygen atoms in total. The molecule has 1 fully saturated rings. The lowest BCUT2D eigenvalue weighted by Crippen LogP contribution is -2.33. The van der Waals surface area contributed by atoms with Gasteiger partial charge in [-0.15, -0.1) is 23.1 Å². The van der Waals surface area contributed by atoms with Gasteiger partial charge in [-0.2, -0.15) is 0 Å². The quantitative estimate of drug-likeness (QED) is 0.740. The minimum absolute atomic E-state index is 0.0977. The standard InChI is InChI=1S/C16H19N3O2S3/c1-2-12(20)11-3-4-13(18-9-11)19-14(21)10-24-15(19)5-7-22-16-17-6-8-23-16/h3-4,6,8-9,12,15,20H,2,5,7,10H2,1H3. The number of pyridine rings is 1. The number of thioether (sulfide) groups is 2. The van der Waals surface area contributed by atoms with Gasteiger partial charge < -0.3 is 5.11 Å². The molecule has 2 aromatic rings. The lowest BCUT2D eigenvalue weighted by Gasteiger charge is -2.23. The third kappa shape index (κ3) is 4.11. The summed E-state index contributed by atoms with van der Waals surface area (Å²) in [5, 5.41) is 11.9. The van der Waals surface area contributed by atoms with E-state index in [0.717, 1.165) is 22.1 Å². The maximum atomic E-state index is 12.3. The topological polar surface area (TPSA) is 66.3 Å². The van der Waals surface area contributed by atoms with Crippen molar-refractivity contribution in [3.63, 3.8) is 0 Å². The lowest BCUT2D eigenvalue weighted by molar-refractivity contribution is -0.115. The number of rotatable bonds is 7. The molecule has 1 saturated heterocycles. The summed E-state index contributed by atoms with van der Waals surface area (Å²) in [6, 6.07) is 3.69. The van der Waals surface area contributed by atoms with E-state index in [1.54, 1.807) is 46.0 Å². The Morgan fingerprint density at radius 3 is 3.00 bits per heavy atom. The molecule has 0 spiro atoms. The Hall–Kier alpha value is -1.09. The van der Waals surface area contributed by atoms with Crippen molar-refractivity contribution in [2.45, 2.75) is 35.6 Å². The summed E-state index contributed by atoms with van der Waals surface area (Å²) in [4.78, 5) is 22.7. The van der Waals surface area contributed by atoms with Crippen molar-refractivity contribution < 1.29 is 9.90 Å². The third-order valence-corrected chi connectivity index (χ3v) is 6.99. The monoisotopic (exact) mass is 381 g/mol. The number of hydrogen-bond donors (Lipinski definition) is 1. The van der Waals surface area contributed by atoms with Crippen LogP contribution in [0.4, 0.5) is 5.82 Å². The van der Waals surface area contributed by atoms with E-state index in [1.165, 1.54) is 0 Å². The fourth-order valence-electron chi connectivity index (χ4n) is 2.46. The summed E-state index contributed by atoms with van der Waals surface area (Å²) in [6.07, 6.45) is 4.52. The van der Waals surface area contributed by atoms with Crippen molar-refractivity contribution in [1.82, 2.24) is 9.97 Å². The van der Waals surface area contributed by atoms with Crippen LogP contribution in [-0.2, 0) is 4.79 Å². The van der Waals surface area contributed by atoms with Gasteiger partial charge >= 0.3 is 0 Å². The van der Waals surface area contributed by atoms with E-state index in [1.807, 2.05) is 30.6 Å². The highest BCUT2D eigenvalue weighted by atomic mass is 32.2. The number of carbonyl (C=O) groups is 1.